The number of carbonyl (C=O) groups excluding carboxylic acids is 2. The summed E-state index contributed by atoms with van der Waals surface area (Å²) in [6, 6.07) is 21.4. The molecule has 214 valence electrons. The highest BCUT2D eigenvalue weighted by molar-refractivity contribution is 7.92. The minimum Gasteiger partial charge on any atom is -0.354 e. The number of nitrogens with zero attached hydrogens (tertiary/aromatic N) is 2. The topological polar surface area (TPSA) is 86.8 Å². The van der Waals surface area contributed by atoms with E-state index >= 15 is 0 Å². The third-order valence-electron chi connectivity index (χ3n) is 6.55. The first kappa shape index (κ1) is 31.2. The Morgan fingerprint density at radius 3 is 2.10 bits per heavy atom. The van der Waals surface area contributed by atoms with Crippen LogP contribution in [0.3, 0.4) is 0 Å². The van der Waals surface area contributed by atoms with Crippen molar-refractivity contribution in [2.24, 2.45) is 5.92 Å². The van der Waals surface area contributed by atoms with Crippen LogP contribution in [0.25, 0.3) is 0 Å². The normalized spacial score (nSPS) is 12.3. The summed E-state index contributed by atoms with van der Waals surface area (Å²) in [4.78, 5) is 28.5. The van der Waals surface area contributed by atoms with Gasteiger partial charge in [0.2, 0.25) is 11.8 Å². The molecule has 3 rings (SSSR count). The lowest BCUT2D eigenvalue weighted by atomic mass is 10.0. The van der Waals surface area contributed by atoms with Gasteiger partial charge in [0, 0.05) is 18.1 Å². The van der Waals surface area contributed by atoms with Crippen molar-refractivity contribution in [2.45, 2.75) is 58.0 Å². The van der Waals surface area contributed by atoms with Gasteiger partial charge in [0.1, 0.15) is 12.6 Å². The summed E-state index contributed by atoms with van der Waals surface area (Å²) in [5.41, 5.74) is 2.13. The highest BCUT2D eigenvalue weighted by Crippen LogP contribution is 2.26. The van der Waals surface area contributed by atoms with Crippen molar-refractivity contribution in [3.8, 4) is 0 Å². The lowest BCUT2D eigenvalue weighted by Crippen LogP contribution is -2.51. The molecule has 0 heterocycles. The van der Waals surface area contributed by atoms with Crippen LogP contribution in [0.5, 0.6) is 0 Å². The van der Waals surface area contributed by atoms with E-state index in [9.17, 15) is 18.0 Å². The van der Waals surface area contributed by atoms with E-state index < -0.39 is 28.5 Å². The molecule has 0 aromatic heterocycles. The smallest absolute Gasteiger partial charge is 0.264 e. The average Bonchev–Trinajstić information content (AvgIpc) is 2.93. The molecule has 9 heteroatoms. The van der Waals surface area contributed by atoms with E-state index in [4.69, 9.17) is 11.6 Å². The van der Waals surface area contributed by atoms with Gasteiger partial charge in [-0.15, -0.1) is 0 Å². The molecule has 1 N–H and O–H groups in total. The molecule has 0 unspecified atom stereocenters. The maximum Gasteiger partial charge on any atom is 0.264 e. The molecule has 0 radical (unpaired) electrons. The first-order valence-electron chi connectivity index (χ1n) is 13.4. The van der Waals surface area contributed by atoms with Gasteiger partial charge in [-0.25, -0.2) is 8.42 Å². The maximum absolute atomic E-state index is 14.0. The number of hydrogen-bond acceptors (Lipinski definition) is 4. The molecule has 40 heavy (non-hydrogen) atoms. The minimum atomic E-state index is -4.10. The zero-order valence-electron chi connectivity index (χ0n) is 23.7. The molecule has 0 aliphatic heterocycles. The molecule has 0 aliphatic carbocycles. The number of benzene rings is 3. The van der Waals surface area contributed by atoms with Crippen molar-refractivity contribution >= 4 is 39.1 Å². The van der Waals surface area contributed by atoms with Gasteiger partial charge in [-0.3, -0.25) is 13.9 Å². The lowest BCUT2D eigenvalue weighted by Gasteiger charge is -2.32. The SMILES string of the molecule is CC(C)CNC(=O)[C@H](C)N(Cc1cccc(Cl)c1)C(=O)CN(c1ccc(C(C)C)cc1)S(=O)(=O)c1ccccc1. The third kappa shape index (κ3) is 8.08. The first-order chi connectivity index (χ1) is 18.9. The monoisotopic (exact) mass is 583 g/mol. The highest BCUT2D eigenvalue weighted by atomic mass is 35.5. The van der Waals surface area contributed by atoms with Gasteiger partial charge in [0.15, 0.2) is 0 Å². The van der Waals surface area contributed by atoms with Crippen LogP contribution in [0.15, 0.2) is 83.8 Å². The van der Waals surface area contributed by atoms with Crippen LogP contribution in [-0.2, 0) is 26.2 Å². The standard InChI is InChI=1S/C31H38ClN3O4S/c1-22(2)19-33-31(37)24(5)34(20-25-10-9-11-27(32)18-25)30(36)21-35(28-16-14-26(15-17-28)23(3)4)40(38,39)29-12-7-6-8-13-29/h6-18,22-24H,19-21H2,1-5H3,(H,33,37)/t24-/m0/s1. The Hall–Kier alpha value is -3.36. The molecule has 1 atom stereocenters. The van der Waals surface area contributed by atoms with Crippen LogP contribution in [0.4, 0.5) is 5.69 Å². The molecule has 0 bridgehead atoms. The Morgan fingerprint density at radius 1 is 0.875 bits per heavy atom. The Kier molecular flexibility index (Phi) is 10.8. The first-order valence-corrected chi connectivity index (χ1v) is 15.2. The molecular formula is C31H38ClN3O4S. The Bertz CT molecular complexity index is 1390. The van der Waals surface area contributed by atoms with E-state index in [-0.39, 0.29) is 29.2 Å². The molecule has 0 saturated heterocycles. The molecule has 0 fully saturated rings. The van der Waals surface area contributed by atoms with E-state index in [1.54, 1.807) is 55.5 Å². The molecule has 3 aromatic rings. The Labute approximate surface area is 243 Å². The fourth-order valence-corrected chi connectivity index (χ4v) is 5.79. The molecule has 7 nitrogen and oxygen atoms in total. The van der Waals surface area contributed by atoms with Crippen LogP contribution in [0.2, 0.25) is 5.02 Å². The van der Waals surface area contributed by atoms with Gasteiger partial charge >= 0.3 is 0 Å². The second-order valence-corrected chi connectivity index (χ2v) is 12.8. The summed E-state index contributed by atoms with van der Waals surface area (Å²) < 4.78 is 28.8. The number of hydrogen-bond donors (Lipinski definition) is 1. The predicted octanol–water partition coefficient (Wildman–Crippen LogP) is 5.85. The summed E-state index contributed by atoms with van der Waals surface area (Å²) in [6.07, 6.45) is 0. The van der Waals surface area contributed by atoms with Crippen LogP contribution in [0, 0.1) is 5.92 Å². The second-order valence-electron chi connectivity index (χ2n) is 10.5. The van der Waals surface area contributed by atoms with Crippen molar-refractivity contribution in [1.82, 2.24) is 10.2 Å². The van der Waals surface area contributed by atoms with Crippen molar-refractivity contribution < 1.29 is 18.0 Å². The van der Waals surface area contributed by atoms with Crippen molar-refractivity contribution in [3.05, 3.63) is 95.0 Å². The Balaban J connectivity index is 2.01. The zero-order valence-corrected chi connectivity index (χ0v) is 25.2. The van der Waals surface area contributed by atoms with Gasteiger partial charge in [-0.2, -0.15) is 0 Å². The molecule has 0 saturated carbocycles. The average molecular weight is 584 g/mol. The van der Waals surface area contributed by atoms with E-state index in [1.807, 2.05) is 32.0 Å². The number of sulfonamides is 1. The second kappa shape index (κ2) is 13.8. The number of carbonyl (C=O) groups is 2. The van der Waals surface area contributed by atoms with Gasteiger partial charge in [-0.05, 0) is 66.3 Å². The number of halogens is 1. The molecule has 0 spiro atoms. The Morgan fingerprint density at radius 2 is 1.52 bits per heavy atom. The summed E-state index contributed by atoms with van der Waals surface area (Å²) in [6.45, 7) is 9.77. The molecule has 2 amide bonds. The molecule has 0 aliphatic rings. The summed E-state index contributed by atoms with van der Waals surface area (Å²) in [5.74, 6) is -0.343. The number of rotatable bonds is 12. The van der Waals surface area contributed by atoms with Crippen LogP contribution >= 0.6 is 11.6 Å². The van der Waals surface area contributed by atoms with E-state index in [1.165, 1.54) is 17.0 Å². The van der Waals surface area contributed by atoms with Gasteiger partial charge in [0.25, 0.3) is 10.0 Å². The molecular weight excluding hydrogens is 546 g/mol. The van der Waals surface area contributed by atoms with E-state index in [0.717, 1.165) is 15.4 Å². The van der Waals surface area contributed by atoms with Crippen molar-refractivity contribution in [1.29, 1.82) is 0 Å². The fraction of sp³-hybridized carbons (Fsp3) is 0.355. The number of amides is 2. The predicted molar refractivity (Wildman–Crippen MR) is 161 cm³/mol. The largest absolute Gasteiger partial charge is 0.354 e. The number of nitrogens with one attached hydrogen (secondary N) is 1. The van der Waals surface area contributed by atoms with Crippen LogP contribution in [0.1, 0.15) is 51.7 Å². The van der Waals surface area contributed by atoms with E-state index in [0.29, 0.717) is 17.3 Å². The van der Waals surface area contributed by atoms with E-state index in [2.05, 4.69) is 19.2 Å². The van der Waals surface area contributed by atoms with Crippen LogP contribution < -0.4 is 9.62 Å². The van der Waals surface area contributed by atoms with Crippen molar-refractivity contribution in [3.63, 3.8) is 0 Å². The van der Waals surface area contributed by atoms with Crippen molar-refractivity contribution in [2.75, 3.05) is 17.4 Å². The lowest BCUT2D eigenvalue weighted by molar-refractivity contribution is -0.139. The third-order valence-corrected chi connectivity index (χ3v) is 8.57. The fourth-order valence-electron chi connectivity index (χ4n) is 4.14. The van der Waals surface area contributed by atoms with Gasteiger partial charge in [0.05, 0.1) is 10.6 Å². The summed E-state index contributed by atoms with van der Waals surface area (Å²) in [7, 11) is -4.10. The van der Waals surface area contributed by atoms with Crippen LogP contribution in [-0.4, -0.2) is 44.3 Å². The van der Waals surface area contributed by atoms with Gasteiger partial charge < -0.3 is 10.2 Å². The maximum atomic E-state index is 14.0. The molecule has 3 aromatic carbocycles. The highest BCUT2D eigenvalue weighted by Gasteiger charge is 2.32. The summed E-state index contributed by atoms with van der Waals surface area (Å²) >= 11 is 6.19. The zero-order chi connectivity index (χ0) is 29.4. The number of anilines is 1. The van der Waals surface area contributed by atoms with Gasteiger partial charge in [-0.1, -0.05) is 81.8 Å². The minimum absolute atomic E-state index is 0.0693. The quantitative estimate of drug-likeness (QED) is 0.290. The summed E-state index contributed by atoms with van der Waals surface area (Å²) in [5, 5.41) is 3.38.